The Labute approximate surface area is 229 Å². The Morgan fingerprint density at radius 2 is 1.47 bits per heavy atom. The Kier molecular flexibility index (Phi) is 7.50. The molecule has 0 fully saturated rings. The summed E-state index contributed by atoms with van der Waals surface area (Å²) in [5, 5.41) is 0. The molecule has 0 bridgehead atoms. The first kappa shape index (κ1) is 27.0. The Morgan fingerprint density at radius 1 is 0.917 bits per heavy atom. The molecule has 6 heteroatoms. The van der Waals surface area contributed by atoms with Crippen LogP contribution in [0, 0.1) is 14.9 Å². The largest absolute Gasteiger partial charge is 0.546 e. The van der Waals surface area contributed by atoms with Crippen LogP contribution in [-0.2, 0) is 4.43 Å². The normalized spacial score (nSPS) is 21.9. The van der Waals surface area contributed by atoms with Crippen molar-refractivity contribution in [1.82, 2.24) is 0 Å². The fourth-order valence-corrected chi connectivity index (χ4v) is 12.6. The summed E-state index contributed by atoms with van der Waals surface area (Å²) >= 11 is 2.14. The molecule has 2 aromatic rings. The molecular formula is C30H35IO4Si. The molecule has 2 aliphatic carbocycles. The van der Waals surface area contributed by atoms with Crippen LogP contribution in [0.15, 0.2) is 60.4 Å². The summed E-state index contributed by atoms with van der Waals surface area (Å²) < 4.78 is 7.74. The highest BCUT2D eigenvalue weighted by atomic mass is 127. The van der Waals surface area contributed by atoms with Crippen LogP contribution >= 0.6 is 22.6 Å². The van der Waals surface area contributed by atoms with Crippen LogP contribution in [0.3, 0.4) is 0 Å². The van der Waals surface area contributed by atoms with Crippen LogP contribution in [0.1, 0.15) is 85.5 Å². The van der Waals surface area contributed by atoms with E-state index >= 15 is 0 Å². The van der Waals surface area contributed by atoms with Gasteiger partial charge in [0.1, 0.15) is 5.41 Å². The van der Waals surface area contributed by atoms with Crippen LogP contribution in [0.4, 0.5) is 0 Å². The molecule has 2 aliphatic rings. The molecule has 0 saturated heterocycles. The number of halogens is 1. The lowest BCUT2D eigenvalue weighted by molar-refractivity contribution is 0.0439. The van der Waals surface area contributed by atoms with E-state index in [-0.39, 0.29) is 30.2 Å². The molecule has 0 aliphatic heterocycles. The van der Waals surface area contributed by atoms with Crippen molar-refractivity contribution >= 4 is 48.3 Å². The fourth-order valence-electron chi connectivity index (χ4n) is 6.67. The highest BCUT2D eigenvalue weighted by molar-refractivity contribution is 14.1. The lowest BCUT2D eigenvalue weighted by Crippen LogP contribution is -2.54. The van der Waals surface area contributed by atoms with Crippen molar-refractivity contribution in [2.24, 2.45) is 11.3 Å². The van der Waals surface area contributed by atoms with E-state index in [1.807, 2.05) is 24.3 Å². The third kappa shape index (κ3) is 4.04. The highest BCUT2D eigenvalue weighted by Crippen LogP contribution is 2.53. The summed E-state index contributed by atoms with van der Waals surface area (Å²) in [6.07, 6.45) is 2.39. The number of allylic oxidation sites excluding steroid dienone is 2. The maximum absolute atomic E-state index is 14.2. The number of ketones is 3. The molecule has 190 valence electrons. The topological polar surface area (TPSA) is 60.4 Å². The molecule has 2 atom stereocenters. The van der Waals surface area contributed by atoms with E-state index in [9.17, 15) is 14.4 Å². The maximum atomic E-state index is 14.2. The minimum atomic E-state index is -2.26. The van der Waals surface area contributed by atoms with Gasteiger partial charge in [-0.3, -0.25) is 14.4 Å². The quantitative estimate of drug-likeness (QED) is 0.137. The van der Waals surface area contributed by atoms with Gasteiger partial charge in [-0.1, -0.05) is 84.0 Å². The van der Waals surface area contributed by atoms with Gasteiger partial charge in [-0.2, -0.15) is 0 Å². The van der Waals surface area contributed by atoms with Crippen molar-refractivity contribution in [3.05, 3.63) is 80.6 Å². The lowest BCUT2D eigenvalue weighted by atomic mass is 9.55. The van der Waals surface area contributed by atoms with Gasteiger partial charge in [-0.25, -0.2) is 0 Å². The van der Waals surface area contributed by atoms with Crippen LogP contribution in [0.25, 0.3) is 0 Å². The number of Topliss-reactive ketones (excluding diaryl/α,β-unsaturated/α-hetero) is 3. The van der Waals surface area contributed by atoms with Crippen LogP contribution in [-0.4, -0.2) is 25.7 Å². The summed E-state index contributed by atoms with van der Waals surface area (Å²) in [7, 11) is -2.26. The van der Waals surface area contributed by atoms with Crippen molar-refractivity contribution in [3.63, 3.8) is 0 Å². The first-order chi connectivity index (χ1) is 17.0. The monoisotopic (exact) mass is 614 g/mol. The Balaban J connectivity index is 1.86. The van der Waals surface area contributed by atoms with Gasteiger partial charge in [0.15, 0.2) is 17.3 Å². The summed E-state index contributed by atoms with van der Waals surface area (Å²) in [5.41, 5.74) is 0.950. The van der Waals surface area contributed by atoms with Gasteiger partial charge >= 0.3 is 0 Å². The molecule has 0 radical (unpaired) electrons. The molecule has 0 unspecified atom stereocenters. The molecule has 0 spiro atoms. The zero-order valence-electron chi connectivity index (χ0n) is 21.9. The molecule has 2 aromatic carbocycles. The van der Waals surface area contributed by atoms with E-state index in [0.29, 0.717) is 33.3 Å². The van der Waals surface area contributed by atoms with Gasteiger partial charge in [-0.05, 0) is 57.8 Å². The molecule has 0 aromatic heterocycles. The molecule has 0 saturated carbocycles. The van der Waals surface area contributed by atoms with Crippen molar-refractivity contribution in [2.75, 3.05) is 0 Å². The van der Waals surface area contributed by atoms with Crippen molar-refractivity contribution in [3.8, 4) is 0 Å². The molecule has 4 rings (SSSR count). The van der Waals surface area contributed by atoms with E-state index in [0.717, 1.165) is 9.33 Å². The zero-order valence-corrected chi connectivity index (χ0v) is 25.1. The second-order valence-corrected chi connectivity index (χ2v) is 17.6. The Hall–Kier alpha value is -2.06. The second kappa shape index (κ2) is 10.0. The van der Waals surface area contributed by atoms with Gasteiger partial charge in [0.05, 0.1) is 5.76 Å². The van der Waals surface area contributed by atoms with E-state index in [1.54, 1.807) is 30.3 Å². The first-order valence-corrected chi connectivity index (χ1v) is 16.1. The number of hydrogen-bond donors (Lipinski definition) is 0. The first-order valence-electron chi connectivity index (χ1n) is 12.8. The smallest absolute Gasteiger partial charge is 0.258 e. The predicted octanol–water partition coefficient (Wildman–Crippen LogP) is 8.03. The summed E-state index contributed by atoms with van der Waals surface area (Å²) in [4.78, 5) is 42.3. The average Bonchev–Trinajstić information content (AvgIpc) is 2.85. The Morgan fingerprint density at radius 3 is 2.06 bits per heavy atom. The predicted molar refractivity (Wildman–Crippen MR) is 154 cm³/mol. The van der Waals surface area contributed by atoms with E-state index in [2.05, 4.69) is 64.1 Å². The van der Waals surface area contributed by atoms with Crippen molar-refractivity contribution < 1.29 is 18.8 Å². The van der Waals surface area contributed by atoms with Gasteiger partial charge in [0.25, 0.3) is 8.32 Å². The highest BCUT2D eigenvalue weighted by Gasteiger charge is 2.60. The zero-order chi connectivity index (χ0) is 26.4. The maximum Gasteiger partial charge on any atom is 0.258 e. The van der Waals surface area contributed by atoms with Gasteiger partial charge in [0.2, 0.25) is 0 Å². The van der Waals surface area contributed by atoms with Gasteiger partial charge < -0.3 is 4.43 Å². The standard InChI is InChI=1S/C30H35IO4Si/c1-18(2)36(19(3)4,20(5)6)35-21-15-16-30(29(34)24-13-9-10-14-26(24)31)25(17-21)27(32)22-11-7-8-12-23(22)28(30)33/h7-15,18-20,25H,16-17H2,1-6H3/t25-,30+/m0/s1. The molecule has 0 heterocycles. The van der Waals surface area contributed by atoms with Gasteiger partial charge in [-0.15, -0.1) is 0 Å². The number of fused-ring (bicyclic) bond motifs is 2. The molecule has 36 heavy (non-hydrogen) atoms. The number of carbonyl (C=O) groups excluding carboxylic acids is 3. The SMILES string of the molecule is CC(C)[Si](OC1=CC[C@]2(C(=O)c3ccccc3I)C(=O)c3ccccc3C(=O)[C@@H]2C1)(C(C)C)C(C)C. The third-order valence-electron chi connectivity index (χ3n) is 8.35. The molecule has 0 amide bonds. The van der Waals surface area contributed by atoms with Crippen molar-refractivity contribution in [2.45, 2.75) is 71.0 Å². The minimum absolute atomic E-state index is 0.135. The Bertz CT molecular complexity index is 1220. The summed E-state index contributed by atoms with van der Waals surface area (Å²) in [5.74, 6) is -0.649. The summed E-state index contributed by atoms with van der Waals surface area (Å²) in [6, 6.07) is 14.2. The summed E-state index contributed by atoms with van der Waals surface area (Å²) in [6.45, 7) is 13.4. The molecular weight excluding hydrogens is 579 g/mol. The number of carbonyl (C=O) groups is 3. The number of hydrogen-bond acceptors (Lipinski definition) is 4. The van der Waals surface area contributed by atoms with E-state index in [1.165, 1.54) is 0 Å². The van der Waals surface area contributed by atoms with E-state index < -0.39 is 19.7 Å². The second-order valence-electron chi connectivity index (χ2n) is 11.1. The van der Waals surface area contributed by atoms with Crippen LogP contribution in [0.5, 0.6) is 0 Å². The van der Waals surface area contributed by atoms with Crippen LogP contribution in [0.2, 0.25) is 16.6 Å². The van der Waals surface area contributed by atoms with Crippen LogP contribution < -0.4 is 0 Å². The average molecular weight is 615 g/mol. The third-order valence-corrected chi connectivity index (χ3v) is 15.3. The van der Waals surface area contributed by atoms with Crippen molar-refractivity contribution in [1.29, 1.82) is 0 Å². The minimum Gasteiger partial charge on any atom is -0.546 e. The lowest BCUT2D eigenvalue weighted by Gasteiger charge is -2.47. The number of rotatable bonds is 7. The number of benzene rings is 2. The molecule has 0 N–H and O–H groups in total. The fraction of sp³-hybridized carbons (Fsp3) is 0.433. The van der Waals surface area contributed by atoms with Gasteiger partial charge in [0, 0.05) is 32.6 Å². The van der Waals surface area contributed by atoms with E-state index in [4.69, 9.17) is 4.43 Å². The molecule has 4 nitrogen and oxygen atoms in total.